The number of aliphatic hydroxyl groups is 1. The molecule has 0 aromatic carbocycles. The lowest BCUT2D eigenvalue weighted by atomic mass is 10.0. The van der Waals surface area contributed by atoms with Gasteiger partial charge in [0.05, 0.1) is 18.9 Å². The van der Waals surface area contributed by atoms with Gasteiger partial charge in [0, 0.05) is 43.8 Å². The molecule has 1 amide bonds. The van der Waals surface area contributed by atoms with Crippen molar-refractivity contribution in [1.82, 2.24) is 19.9 Å². The second-order valence-corrected chi connectivity index (χ2v) is 5.50. The van der Waals surface area contributed by atoms with Crippen molar-refractivity contribution in [2.45, 2.75) is 12.5 Å². The van der Waals surface area contributed by atoms with Gasteiger partial charge in [-0.15, -0.1) is 0 Å². The zero-order valence-electron chi connectivity index (χ0n) is 12.8. The molecule has 2 atom stereocenters. The lowest BCUT2D eigenvalue weighted by Crippen LogP contribution is -2.30. The standard InChI is InChI=1S/C16H18N4O3/c1-23-15-13(3-2-4-19-15)16(22)20-9-11(14(21)10-20)7-12-8-17-5-6-18-12/h2-6,8,11,14,21H,7,9-10H2,1H3. The molecule has 3 heterocycles. The molecule has 23 heavy (non-hydrogen) atoms. The minimum atomic E-state index is -0.580. The maximum atomic E-state index is 12.6. The van der Waals surface area contributed by atoms with Crippen molar-refractivity contribution < 1.29 is 14.6 Å². The minimum Gasteiger partial charge on any atom is -0.480 e. The van der Waals surface area contributed by atoms with Crippen LogP contribution in [0, 0.1) is 5.92 Å². The first-order valence-electron chi connectivity index (χ1n) is 7.40. The number of β-amino-alcohol motifs (C(OH)–C–C–N with tert-alkyl or cyclic N) is 1. The summed E-state index contributed by atoms with van der Waals surface area (Å²) in [5, 5.41) is 10.3. The van der Waals surface area contributed by atoms with E-state index in [9.17, 15) is 9.90 Å². The number of rotatable bonds is 4. The van der Waals surface area contributed by atoms with Crippen molar-refractivity contribution in [3.8, 4) is 5.88 Å². The topological polar surface area (TPSA) is 88.4 Å². The van der Waals surface area contributed by atoms with E-state index in [2.05, 4.69) is 15.0 Å². The van der Waals surface area contributed by atoms with Crippen LogP contribution in [-0.2, 0) is 6.42 Å². The molecule has 2 aromatic rings. The molecular weight excluding hydrogens is 296 g/mol. The molecule has 0 bridgehead atoms. The third-order valence-electron chi connectivity index (χ3n) is 3.98. The molecule has 1 fully saturated rings. The summed E-state index contributed by atoms with van der Waals surface area (Å²) in [4.78, 5) is 26.6. The summed E-state index contributed by atoms with van der Waals surface area (Å²) in [5.74, 6) is 0.0540. The normalized spacial score (nSPS) is 20.5. The third kappa shape index (κ3) is 3.29. The van der Waals surface area contributed by atoms with E-state index >= 15 is 0 Å². The largest absolute Gasteiger partial charge is 0.480 e. The summed E-state index contributed by atoms with van der Waals surface area (Å²) < 4.78 is 5.14. The van der Waals surface area contributed by atoms with Gasteiger partial charge in [-0.3, -0.25) is 14.8 Å². The fourth-order valence-electron chi connectivity index (χ4n) is 2.81. The Bertz CT molecular complexity index is 680. The molecule has 1 saturated heterocycles. The number of hydrogen-bond donors (Lipinski definition) is 1. The third-order valence-corrected chi connectivity index (χ3v) is 3.98. The molecule has 1 aliphatic rings. The van der Waals surface area contributed by atoms with Gasteiger partial charge >= 0.3 is 0 Å². The zero-order valence-corrected chi connectivity index (χ0v) is 12.8. The smallest absolute Gasteiger partial charge is 0.259 e. The summed E-state index contributed by atoms with van der Waals surface area (Å²) in [7, 11) is 1.48. The van der Waals surface area contributed by atoms with Gasteiger partial charge in [-0.05, 0) is 18.6 Å². The summed E-state index contributed by atoms with van der Waals surface area (Å²) >= 11 is 0. The molecule has 2 unspecified atom stereocenters. The molecular formula is C16H18N4O3. The monoisotopic (exact) mass is 314 g/mol. The molecule has 2 aromatic heterocycles. The summed E-state index contributed by atoms with van der Waals surface area (Å²) in [6.07, 6.45) is 6.50. The van der Waals surface area contributed by atoms with E-state index < -0.39 is 6.10 Å². The second-order valence-electron chi connectivity index (χ2n) is 5.50. The van der Waals surface area contributed by atoms with Crippen LogP contribution in [-0.4, -0.2) is 57.2 Å². The van der Waals surface area contributed by atoms with Gasteiger partial charge in [0.1, 0.15) is 5.56 Å². The predicted molar refractivity (Wildman–Crippen MR) is 81.9 cm³/mol. The molecule has 120 valence electrons. The van der Waals surface area contributed by atoms with Crippen molar-refractivity contribution in [3.63, 3.8) is 0 Å². The summed E-state index contributed by atoms with van der Waals surface area (Å²) in [5.41, 5.74) is 1.21. The first kappa shape index (κ1) is 15.4. The van der Waals surface area contributed by atoms with Gasteiger partial charge in [0.25, 0.3) is 5.91 Å². The lowest BCUT2D eigenvalue weighted by molar-refractivity contribution is 0.0760. The Hall–Kier alpha value is -2.54. The Balaban J connectivity index is 1.72. The fourth-order valence-corrected chi connectivity index (χ4v) is 2.81. The van der Waals surface area contributed by atoms with Crippen molar-refractivity contribution in [2.24, 2.45) is 5.92 Å². The van der Waals surface area contributed by atoms with E-state index in [1.807, 2.05) is 0 Å². The van der Waals surface area contributed by atoms with Crippen LogP contribution in [0.3, 0.4) is 0 Å². The number of ether oxygens (including phenoxy) is 1. The highest BCUT2D eigenvalue weighted by Gasteiger charge is 2.35. The number of aliphatic hydroxyl groups excluding tert-OH is 1. The predicted octanol–water partition coefficient (Wildman–Crippen LogP) is 0.556. The van der Waals surface area contributed by atoms with Gasteiger partial charge < -0.3 is 14.7 Å². The van der Waals surface area contributed by atoms with Crippen molar-refractivity contribution in [3.05, 3.63) is 48.2 Å². The van der Waals surface area contributed by atoms with E-state index in [1.165, 1.54) is 7.11 Å². The number of carbonyl (C=O) groups is 1. The maximum absolute atomic E-state index is 12.6. The SMILES string of the molecule is COc1ncccc1C(=O)N1CC(O)C(Cc2cnccn2)C1. The molecule has 0 radical (unpaired) electrons. The van der Waals surface area contributed by atoms with Crippen LogP contribution < -0.4 is 4.74 Å². The number of carbonyl (C=O) groups excluding carboxylic acids is 1. The number of methoxy groups -OCH3 is 1. The van der Waals surface area contributed by atoms with Crippen LogP contribution in [0.1, 0.15) is 16.1 Å². The lowest BCUT2D eigenvalue weighted by Gasteiger charge is -2.17. The molecule has 1 N–H and O–H groups in total. The molecule has 7 heteroatoms. The number of amides is 1. The van der Waals surface area contributed by atoms with Crippen LogP contribution in [0.5, 0.6) is 5.88 Å². The van der Waals surface area contributed by atoms with Gasteiger partial charge in [0.15, 0.2) is 0 Å². The summed E-state index contributed by atoms with van der Waals surface area (Å²) in [6, 6.07) is 3.37. The van der Waals surface area contributed by atoms with Gasteiger partial charge in [-0.2, -0.15) is 0 Å². The highest BCUT2D eigenvalue weighted by Crippen LogP contribution is 2.24. The van der Waals surface area contributed by atoms with Crippen LogP contribution >= 0.6 is 0 Å². The van der Waals surface area contributed by atoms with E-state index in [1.54, 1.807) is 41.8 Å². The number of aromatic nitrogens is 3. The number of hydrogen-bond acceptors (Lipinski definition) is 6. The zero-order chi connectivity index (χ0) is 16.2. The Morgan fingerprint density at radius 3 is 2.96 bits per heavy atom. The molecule has 1 aliphatic heterocycles. The number of likely N-dealkylation sites (tertiary alicyclic amines) is 1. The van der Waals surface area contributed by atoms with Gasteiger partial charge in [0.2, 0.25) is 5.88 Å². The quantitative estimate of drug-likeness (QED) is 0.887. The Labute approximate surface area is 134 Å². The molecule has 0 spiro atoms. The van der Waals surface area contributed by atoms with Crippen molar-refractivity contribution >= 4 is 5.91 Å². The molecule has 0 saturated carbocycles. The average Bonchev–Trinajstić information content (AvgIpc) is 2.96. The van der Waals surface area contributed by atoms with E-state index in [0.29, 0.717) is 31.0 Å². The first-order valence-corrected chi connectivity index (χ1v) is 7.40. The average molecular weight is 314 g/mol. The molecule has 3 rings (SSSR count). The Morgan fingerprint density at radius 2 is 2.22 bits per heavy atom. The van der Waals surface area contributed by atoms with Crippen molar-refractivity contribution in [2.75, 3.05) is 20.2 Å². The first-order chi connectivity index (χ1) is 11.2. The van der Waals surface area contributed by atoms with Crippen LogP contribution in [0.2, 0.25) is 0 Å². The highest BCUT2D eigenvalue weighted by atomic mass is 16.5. The molecule has 7 nitrogen and oxygen atoms in total. The van der Waals surface area contributed by atoms with E-state index in [4.69, 9.17) is 4.74 Å². The fraction of sp³-hybridized carbons (Fsp3) is 0.375. The second kappa shape index (κ2) is 6.70. The maximum Gasteiger partial charge on any atom is 0.259 e. The van der Waals surface area contributed by atoms with Crippen LogP contribution in [0.25, 0.3) is 0 Å². The minimum absolute atomic E-state index is 0.0571. The van der Waals surface area contributed by atoms with Crippen molar-refractivity contribution in [1.29, 1.82) is 0 Å². The number of pyridine rings is 1. The number of nitrogens with zero attached hydrogens (tertiary/aromatic N) is 4. The van der Waals surface area contributed by atoms with Crippen LogP contribution in [0.4, 0.5) is 0 Å². The van der Waals surface area contributed by atoms with Gasteiger partial charge in [-0.1, -0.05) is 0 Å². The molecule has 0 aliphatic carbocycles. The van der Waals surface area contributed by atoms with Gasteiger partial charge in [-0.25, -0.2) is 4.98 Å². The van der Waals surface area contributed by atoms with E-state index in [0.717, 1.165) is 5.69 Å². The Kier molecular flexibility index (Phi) is 4.47. The summed E-state index contributed by atoms with van der Waals surface area (Å²) in [6.45, 7) is 0.760. The highest BCUT2D eigenvalue weighted by molar-refractivity contribution is 5.96. The van der Waals surface area contributed by atoms with E-state index in [-0.39, 0.29) is 11.8 Å². The van der Waals surface area contributed by atoms with Crippen LogP contribution in [0.15, 0.2) is 36.9 Å². The Morgan fingerprint density at radius 1 is 1.35 bits per heavy atom.